The number of hydrogen-bond acceptors (Lipinski definition) is 5. The number of nitriles is 1. The van der Waals surface area contributed by atoms with Gasteiger partial charge in [0, 0.05) is 17.7 Å². The molecule has 0 N–H and O–H groups in total. The number of halogens is 1. The molecule has 0 aromatic heterocycles. The van der Waals surface area contributed by atoms with E-state index < -0.39 is 16.4 Å². The predicted octanol–water partition coefficient (Wildman–Crippen LogP) is 3.21. The van der Waals surface area contributed by atoms with Crippen LogP contribution in [-0.4, -0.2) is 11.2 Å². The molecule has 0 aliphatic heterocycles. The summed E-state index contributed by atoms with van der Waals surface area (Å²) in [5.41, 5.74) is -0.162. The van der Waals surface area contributed by atoms with Crippen molar-refractivity contribution in [3.63, 3.8) is 0 Å². The largest absolute Gasteiger partial charge is 0.449 e. The average molecular weight is 286 g/mol. The number of rotatable bonds is 4. The van der Waals surface area contributed by atoms with Crippen LogP contribution in [0.2, 0.25) is 0 Å². The van der Waals surface area contributed by atoms with Crippen LogP contribution >= 0.6 is 0 Å². The maximum Gasteiger partial charge on any atom is 0.311 e. The van der Waals surface area contributed by atoms with E-state index in [4.69, 9.17) is 10.00 Å². The van der Waals surface area contributed by atoms with Gasteiger partial charge in [-0.2, -0.15) is 5.26 Å². The Labute approximate surface area is 118 Å². The summed E-state index contributed by atoms with van der Waals surface area (Å²) in [7, 11) is 0. The number of nitrogens with zero attached hydrogens (tertiary/aromatic N) is 2. The van der Waals surface area contributed by atoms with E-state index in [2.05, 4.69) is 0 Å². The van der Waals surface area contributed by atoms with Crippen LogP contribution in [-0.2, 0) is 0 Å². The number of ether oxygens (including phenoxy) is 1. The van der Waals surface area contributed by atoms with Gasteiger partial charge in [-0.1, -0.05) is 0 Å². The lowest BCUT2D eigenvalue weighted by Gasteiger charge is -2.08. The fourth-order valence-corrected chi connectivity index (χ4v) is 1.64. The van der Waals surface area contributed by atoms with Crippen LogP contribution in [0.4, 0.5) is 10.1 Å². The first-order chi connectivity index (χ1) is 10.0. The van der Waals surface area contributed by atoms with Gasteiger partial charge in [-0.15, -0.1) is 0 Å². The molecule has 0 heterocycles. The van der Waals surface area contributed by atoms with Gasteiger partial charge in [-0.25, -0.2) is 4.39 Å². The van der Waals surface area contributed by atoms with Gasteiger partial charge in [0.05, 0.1) is 10.5 Å². The Balaban J connectivity index is 2.48. The number of aldehydes is 1. The van der Waals surface area contributed by atoms with Gasteiger partial charge in [-0.3, -0.25) is 14.9 Å². The Bertz CT molecular complexity index is 768. The van der Waals surface area contributed by atoms with Gasteiger partial charge in [0.1, 0.15) is 23.9 Å². The van der Waals surface area contributed by atoms with Gasteiger partial charge in [-0.05, 0) is 24.3 Å². The lowest BCUT2D eigenvalue weighted by molar-refractivity contribution is -0.385. The maximum atomic E-state index is 13.2. The summed E-state index contributed by atoms with van der Waals surface area (Å²) in [4.78, 5) is 20.8. The monoisotopic (exact) mass is 286 g/mol. The summed E-state index contributed by atoms with van der Waals surface area (Å²) in [5, 5.41) is 19.9. The van der Waals surface area contributed by atoms with Crippen molar-refractivity contribution < 1.29 is 18.8 Å². The fraction of sp³-hybridized carbons (Fsp3) is 0. The third kappa shape index (κ3) is 3.01. The van der Waals surface area contributed by atoms with Crippen molar-refractivity contribution in [1.29, 1.82) is 5.26 Å². The summed E-state index contributed by atoms with van der Waals surface area (Å²) in [6, 6.07) is 8.54. The van der Waals surface area contributed by atoms with E-state index in [0.29, 0.717) is 6.29 Å². The zero-order valence-corrected chi connectivity index (χ0v) is 10.4. The molecule has 0 unspecified atom stereocenters. The van der Waals surface area contributed by atoms with Crippen molar-refractivity contribution in [3.8, 4) is 17.6 Å². The molecule has 0 saturated heterocycles. The van der Waals surface area contributed by atoms with Crippen molar-refractivity contribution in [2.45, 2.75) is 0 Å². The van der Waals surface area contributed by atoms with E-state index in [1.165, 1.54) is 18.2 Å². The molecular weight excluding hydrogens is 279 g/mol. The molecule has 104 valence electrons. The average Bonchev–Trinajstić information content (AvgIpc) is 2.47. The number of benzene rings is 2. The fourth-order valence-electron chi connectivity index (χ4n) is 1.64. The highest BCUT2D eigenvalue weighted by molar-refractivity contribution is 5.76. The molecule has 0 amide bonds. The van der Waals surface area contributed by atoms with E-state index in [-0.39, 0.29) is 22.6 Å². The van der Waals surface area contributed by atoms with Gasteiger partial charge < -0.3 is 4.74 Å². The minimum atomic E-state index is -0.722. The predicted molar refractivity (Wildman–Crippen MR) is 69.7 cm³/mol. The Morgan fingerprint density at radius 3 is 2.62 bits per heavy atom. The highest BCUT2D eigenvalue weighted by Gasteiger charge is 2.18. The Kier molecular flexibility index (Phi) is 3.90. The lowest BCUT2D eigenvalue weighted by Crippen LogP contribution is -1.96. The number of nitro benzene ring substituents is 1. The smallest absolute Gasteiger partial charge is 0.311 e. The van der Waals surface area contributed by atoms with Crippen LogP contribution in [0.1, 0.15) is 15.9 Å². The van der Waals surface area contributed by atoms with Crippen molar-refractivity contribution >= 4 is 12.0 Å². The van der Waals surface area contributed by atoms with E-state index >= 15 is 0 Å². The SMILES string of the molecule is N#Cc1cc(C=O)ccc1Oc1cc(F)ccc1[N+](=O)[O-]. The van der Waals surface area contributed by atoms with E-state index in [1.807, 2.05) is 0 Å². The molecule has 2 aromatic carbocycles. The molecule has 7 heteroatoms. The quantitative estimate of drug-likeness (QED) is 0.488. The van der Waals surface area contributed by atoms with Crippen LogP contribution in [0, 0.1) is 27.3 Å². The normalized spacial score (nSPS) is 9.71. The van der Waals surface area contributed by atoms with Crippen LogP contribution in [0.15, 0.2) is 36.4 Å². The van der Waals surface area contributed by atoms with Crippen LogP contribution in [0.5, 0.6) is 11.5 Å². The molecule has 21 heavy (non-hydrogen) atoms. The second-order valence-corrected chi connectivity index (χ2v) is 3.96. The summed E-state index contributed by atoms with van der Waals surface area (Å²) < 4.78 is 18.5. The zero-order chi connectivity index (χ0) is 15.4. The highest BCUT2D eigenvalue weighted by atomic mass is 19.1. The minimum Gasteiger partial charge on any atom is -0.449 e. The number of nitro groups is 1. The van der Waals surface area contributed by atoms with Crippen molar-refractivity contribution in [3.05, 3.63) is 63.5 Å². The van der Waals surface area contributed by atoms with E-state index in [9.17, 15) is 19.3 Å². The molecule has 0 radical (unpaired) electrons. The molecule has 2 aromatic rings. The molecule has 0 saturated carbocycles. The molecule has 0 atom stereocenters. The second kappa shape index (κ2) is 5.79. The molecule has 0 aliphatic rings. The van der Waals surface area contributed by atoms with Gasteiger partial charge in [0.15, 0.2) is 0 Å². The molecule has 2 rings (SSSR count). The van der Waals surface area contributed by atoms with Crippen molar-refractivity contribution in [2.24, 2.45) is 0 Å². The Morgan fingerprint density at radius 1 is 1.24 bits per heavy atom. The Morgan fingerprint density at radius 2 is 2.00 bits per heavy atom. The number of carbonyl (C=O) groups excluding carboxylic acids is 1. The summed E-state index contributed by atoms with van der Waals surface area (Å²) in [6.45, 7) is 0. The first kappa shape index (κ1) is 14.1. The van der Waals surface area contributed by atoms with Crippen LogP contribution < -0.4 is 4.74 Å². The standard InChI is InChI=1S/C14H7FN2O4/c15-11-2-3-12(17(19)20)14(6-11)21-13-4-1-9(8-18)5-10(13)7-16/h1-6,8H. The van der Waals surface area contributed by atoms with Crippen molar-refractivity contribution in [2.75, 3.05) is 0 Å². The zero-order valence-electron chi connectivity index (χ0n) is 10.4. The first-order valence-electron chi connectivity index (χ1n) is 5.66. The van der Waals surface area contributed by atoms with Crippen LogP contribution in [0.3, 0.4) is 0 Å². The third-order valence-electron chi connectivity index (χ3n) is 2.60. The van der Waals surface area contributed by atoms with Gasteiger partial charge in [0.2, 0.25) is 5.75 Å². The van der Waals surface area contributed by atoms with E-state index in [0.717, 1.165) is 18.2 Å². The molecule has 0 spiro atoms. The number of carbonyl (C=O) groups is 1. The van der Waals surface area contributed by atoms with Crippen molar-refractivity contribution in [1.82, 2.24) is 0 Å². The third-order valence-corrected chi connectivity index (χ3v) is 2.60. The Hall–Kier alpha value is -3.27. The van der Waals surface area contributed by atoms with Gasteiger partial charge in [0.25, 0.3) is 0 Å². The summed E-state index contributed by atoms with van der Waals surface area (Å²) >= 11 is 0. The highest BCUT2D eigenvalue weighted by Crippen LogP contribution is 2.33. The maximum absolute atomic E-state index is 13.2. The van der Waals surface area contributed by atoms with Crippen LogP contribution in [0.25, 0.3) is 0 Å². The summed E-state index contributed by atoms with van der Waals surface area (Å²) in [6.07, 6.45) is 0.551. The first-order valence-corrected chi connectivity index (χ1v) is 5.66. The van der Waals surface area contributed by atoms with Gasteiger partial charge >= 0.3 is 5.69 Å². The topological polar surface area (TPSA) is 93.2 Å². The van der Waals surface area contributed by atoms with E-state index in [1.54, 1.807) is 6.07 Å². The molecular formula is C14H7FN2O4. The molecule has 0 bridgehead atoms. The molecule has 0 fully saturated rings. The minimum absolute atomic E-state index is 0.00296. The second-order valence-electron chi connectivity index (χ2n) is 3.96. The number of hydrogen-bond donors (Lipinski definition) is 0. The molecule has 0 aliphatic carbocycles. The lowest BCUT2D eigenvalue weighted by atomic mass is 10.1. The summed E-state index contributed by atoms with van der Waals surface area (Å²) in [5.74, 6) is -1.04. The molecule has 6 nitrogen and oxygen atoms in total.